The second-order valence-corrected chi connectivity index (χ2v) is 16.4. The maximum atomic E-state index is 2.46. The molecule has 0 radical (unpaired) electrons. The minimum absolute atomic E-state index is 0.102. The van der Waals surface area contributed by atoms with Crippen LogP contribution < -0.4 is 0 Å². The Labute approximate surface area is 307 Å². The van der Waals surface area contributed by atoms with Gasteiger partial charge < -0.3 is 0 Å². The predicted molar refractivity (Wildman–Crippen MR) is 222 cm³/mol. The SMILES string of the molecule is Cc1ccc2cc(-c3ccc4c(c3)C(C)(C)c3cc(-c5ccc6c(c5)C(C)(C)c5cc(-c7ccc8cc(C)ccc8c7)ccc5-6)ccc3-4)ccc2c1. The molecule has 0 heteroatoms. The summed E-state index contributed by atoms with van der Waals surface area (Å²) in [5, 5.41) is 5.17. The van der Waals surface area contributed by atoms with E-state index >= 15 is 0 Å². The Balaban J connectivity index is 0.987. The van der Waals surface area contributed by atoms with Crippen LogP contribution >= 0.6 is 0 Å². The van der Waals surface area contributed by atoms with Gasteiger partial charge in [-0.15, -0.1) is 0 Å². The maximum Gasteiger partial charge on any atom is 0.0159 e. The van der Waals surface area contributed by atoms with Gasteiger partial charge in [0.25, 0.3) is 0 Å². The third kappa shape index (κ3) is 4.60. The Hall–Kier alpha value is -5.72. The topological polar surface area (TPSA) is 0 Å². The molecule has 0 saturated carbocycles. The number of aryl methyl sites for hydroxylation is 2. The third-order valence-corrected chi connectivity index (χ3v) is 12.3. The van der Waals surface area contributed by atoms with Gasteiger partial charge in [0.05, 0.1) is 0 Å². The zero-order valence-corrected chi connectivity index (χ0v) is 30.9. The number of hydrogen-bond acceptors (Lipinski definition) is 0. The molecule has 2 aliphatic carbocycles. The lowest BCUT2D eigenvalue weighted by Crippen LogP contribution is -2.15. The average Bonchev–Trinajstić information content (AvgIpc) is 3.52. The van der Waals surface area contributed by atoms with Crippen LogP contribution in [0.2, 0.25) is 0 Å². The van der Waals surface area contributed by atoms with Crippen LogP contribution in [0.25, 0.3) is 77.2 Å². The van der Waals surface area contributed by atoms with Gasteiger partial charge in [-0.05, 0) is 150 Å². The summed E-state index contributed by atoms with van der Waals surface area (Å²) >= 11 is 0. The van der Waals surface area contributed by atoms with Crippen molar-refractivity contribution in [2.24, 2.45) is 0 Å². The highest BCUT2D eigenvalue weighted by molar-refractivity contribution is 5.92. The van der Waals surface area contributed by atoms with Crippen molar-refractivity contribution < 1.29 is 0 Å². The molecule has 0 fully saturated rings. The normalized spacial score (nSPS) is 14.7. The molecule has 8 aromatic carbocycles. The van der Waals surface area contributed by atoms with E-state index in [9.17, 15) is 0 Å². The average molecular weight is 667 g/mol. The van der Waals surface area contributed by atoms with Gasteiger partial charge in [-0.3, -0.25) is 0 Å². The lowest BCUT2D eigenvalue weighted by Gasteiger charge is -2.24. The van der Waals surface area contributed by atoms with Gasteiger partial charge in [-0.1, -0.05) is 148 Å². The van der Waals surface area contributed by atoms with Crippen molar-refractivity contribution in [3.8, 4) is 55.6 Å². The van der Waals surface area contributed by atoms with E-state index in [1.54, 1.807) is 0 Å². The quantitative estimate of drug-likeness (QED) is 0.176. The van der Waals surface area contributed by atoms with E-state index in [2.05, 4.69) is 187 Å². The predicted octanol–water partition coefficient (Wildman–Crippen LogP) is 14.2. The Bertz CT molecular complexity index is 2610. The maximum absolute atomic E-state index is 2.46. The Morgan fingerprint density at radius 1 is 0.269 bits per heavy atom. The molecule has 0 heterocycles. The molecule has 8 aromatic rings. The van der Waals surface area contributed by atoms with Crippen LogP contribution in [0.4, 0.5) is 0 Å². The van der Waals surface area contributed by atoms with Crippen molar-refractivity contribution in [2.45, 2.75) is 52.4 Å². The van der Waals surface area contributed by atoms with Crippen molar-refractivity contribution in [2.75, 3.05) is 0 Å². The van der Waals surface area contributed by atoms with E-state index < -0.39 is 0 Å². The summed E-state index contributed by atoms with van der Waals surface area (Å²) in [5.41, 5.74) is 21.1. The highest BCUT2D eigenvalue weighted by Crippen LogP contribution is 2.53. The van der Waals surface area contributed by atoms with Crippen LogP contribution in [0.1, 0.15) is 61.1 Å². The number of rotatable bonds is 3. The minimum atomic E-state index is -0.102. The molecule has 52 heavy (non-hydrogen) atoms. The van der Waals surface area contributed by atoms with Crippen LogP contribution in [-0.4, -0.2) is 0 Å². The molecule has 10 rings (SSSR count). The van der Waals surface area contributed by atoms with E-state index in [1.165, 1.54) is 111 Å². The summed E-state index contributed by atoms with van der Waals surface area (Å²) in [6.45, 7) is 13.9. The standard InChI is InChI=1S/C52H42/c1-31-7-9-35-25-37(13-11-33(35)23-31)39-15-19-43-45-21-17-41(29-49(45)51(3,4)47(43)27-39)42-18-22-46-44-20-16-40(28-48(44)52(5,6)50(46)30-42)38-14-12-34-24-32(2)8-10-36(34)26-38/h7-30H,1-6H3. The molecule has 0 spiro atoms. The summed E-state index contributed by atoms with van der Waals surface area (Å²) in [7, 11) is 0. The number of benzene rings is 8. The highest BCUT2D eigenvalue weighted by Gasteiger charge is 2.38. The van der Waals surface area contributed by atoms with Gasteiger partial charge >= 0.3 is 0 Å². The van der Waals surface area contributed by atoms with Gasteiger partial charge in [-0.2, -0.15) is 0 Å². The molecule has 0 bridgehead atoms. The highest BCUT2D eigenvalue weighted by atomic mass is 14.4. The first-order valence-corrected chi connectivity index (χ1v) is 18.7. The van der Waals surface area contributed by atoms with Gasteiger partial charge in [0.1, 0.15) is 0 Å². The largest absolute Gasteiger partial charge is 0.0587 e. The minimum Gasteiger partial charge on any atom is -0.0587 e. The molecule has 0 aliphatic heterocycles. The smallest absolute Gasteiger partial charge is 0.0159 e. The summed E-state index contributed by atoms with van der Waals surface area (Å²) in [6.07, 6.45) is 0. The molecular formula is C52H42. The molecule has 250 valence electrons. The van der Waals surface area contributed by atoms with Crippen LogP contribution in [0, 0.1) is 13.8 Å². The Kier molecular flexibility index (Phi) is 6.50. The Morgan fingerprint density at radius 2 is 0.519 bits per heavy atom. The molecule has 0 aromatic heterocycles. The van der Waals surface area contributed by atoms with Crippen molar-refractivity contribution in [3.05, 3.63) is 179 Å². The molecule has 0 amide bonds. The van der Waals surface area contributed by atoms with Crippen LogP contribution in [0.15, 0.2) is 146 Å². The van der Waals surface area contributed by atoms with E-state index in [-0.39, 0.29) is 10.8 Å². The fourth-order valence-corrected chi connectivity index (χ4v) is 9.28. The molecule has 0 atom stereocenters. The third-order valence-electron chi connectivity index (χ3n) is 12.3. The van der Waals surface area contributed by atoms with Gasteiger partial charge in [-0.25, -0.2) is 0 Å². The summed E-state index contributed by atoms with van der Waals surface area (Å²) in [5.74, 6) is 0. The lowest BCUT2D eigenvalue weighted by atomic mass is 9.79. The summed E-state index contributed by atoms with van der Waals surface area (Å²) < 4.78 is 0. The molecule has 0 unspecified atom stereocenters. The van der Waals surface area contributed by atoms with Crippen LogP contribution in [0.3, 0.4) is 0 Å². The fraction of sp³-hybridized carbons (Fsp3) is 0.154. The van der Waals surface area contributed by atoms with Crippen molar-refractivity contribution in [1.82, 2.24) is 0 Å². The number of fused-ring (bicyclic) bond motifs is 8. The fourth-order valence-electron chi connectivity index (χ4n) is 9.28. The first-order chi connectivity index (χ1) is 25.0. The summed E-state index contributed by atoms with van der Waals surface area (Å²) in [6, 6.07) is 55.7. The molecular weight excluding hydrogens is 625 g/mol. The second-order valence-electron chi connectivity index (χ2n) is 16.4. The molecule has 2 aliphatic rings. The monoisotopic (exact) mass is 666 g/mol. The van der Waals surface area contributed by atoms with Crippen molar-refractivity contribution in [3.63, 3.8) is 0 Å². The van der Waals surface area contributed by atoms with Crippen molar-refractivity contribution >= 4 is 21.5 Å². The van der Waals surface area contributed by atoms with E-state index in [0.717, 1.165) is 0 Å². The number of hydrogen-bond donors (Lipinski definition) is 0. The van der Waals surface area contributed by atoms with Crippen LogP contribution in [0.5, 0.6) is 0 Å². The van der Waals surface area contributed by atoms with E-state index in [4.69, 9.17) is 0 Å². The van der Waals surface area contributed by atoms with E-state index in [0.29, 0.717) is 0 Å². The first kappa shape index (κ1) is 31.1. The van der Waals surface area contributed by atoms with E-state index in [1.807, 2.05) is 0 Å². The first-order valence-electron chi connectivity index (χ1n) is 18.7. The molecule has 0 nitrogen and oxygen atoms in total. The van der Waals surface area contributed by atoms with Gasteiger partial charge in [0, 0.05) is 10.8 Å². The lowest BCUT2D eigenvalue weighted by molar-refractivity contribution is 0.660. The zero-order valence-electron chi connectivity index (χ0n) is 30.9. The van der Waals surface area contributed by atoms with Crippen LogP contribution in [-0.2, 0) is 10.8 Å². The summed E-state index contributed by atoms with van der Waals surface area (Å²) in [4.78, 5) is 0. The molecule has 0 N–H and O–H groups in total. The Morgan fingerprint density at radius 3 is 0.846 bits per heavy atom. The van der Waals surface area contributed by atoms with Gasteiger partial charge in [0.15, 0.2) is 0 Å². The zero-order chi connectivity index (χ0) is 35.5. The molecule has 0 saturated heterocycles. The second kappa shape index (κ2) is 10.9. The van der Waals surface area contributed by atoms with Crippen molar-refractivity contribution in [1.29, 1.82) is 0 Å². The van der Waals surface area contributed by atoms with Gasteiger partial charge in [0.2, 0.25) is 0 Å².